The van der Waals surface area contributed by atoms with Crippen LogP contribution in [0.4, 0.5) is 5.69 Å². The summed E-state index contributed by atoms with van der Waals surface area (Å²) in [4.78, 5) is 12.2. The molecule has 2 rings (SSSR count). The Morgan fingerprint density at radius 3 is 2.08 bits per heavy atom. The summed E-state index contributed by atoms with van der Waals surface area (Å²) in [6, 6.07) is 16.4. The maximum absolute atomic E-state index is 12.6. The number of carbonyl (C=O) groups excluding carboxylic acids is 1. The largest absolute Gasteiger partial charge is 0.325 e. The molecular formula is C20H25NO3S. The number of carbonyl (C=O) groups is 1. The maximum atomic E-state index is 12.6. The molecule has 4 nitrogen and oxygen atoms in total. The predicted molar refractivity (Wildman–Crippen MR) is 102 cm³/mol. The van der Waals surface area contributed by atoms with Crippen molar-refractivity contribution in [3.63, 3.8) is 0 Å². The summed E-state index contributed by atoms with van der Waals surface area (Å²) in [6.45, 7) is 7.75. The molecule has 0 saturated carbocycles. The number of amides is 1. The first-order valence-corrected chi connectivity index (χ1v) is 9.98. The van der Waals surface area contributed by atoms with Crippen LogP contribution >= 0.6 is 0 Å². The highest BCUT2D eigenvalue weighted by Crippen LogP contribution is 2.23. The SMILES string of the molecule is CC(C(=O)Nc1ccccc1)S(=O)(=O)Cc1ccc(C(C)(C)C)cc1. The zero-order valence-corrected chi connectivity index (χ0v) is 15.9. The van der Waals surface area contributed by atoms with Gasteiger partial charge >= 0.3 is 0 Å². The summed E-state index contributed by atoms with van der Waals surface area (Å²) in [6.07, 6.45) is 0. The maximum Gasteiger partial charge on any atom is 0.242 e. The molecule has 0 spiro atoms. The van der Waals surface area contributed by atoms with E-state index in [9.17, 15) is 13.2 Å². The van der Waals surface area contributed by atoms with Gasteiger partial charge in [-0.2, -0.15) is 0 Å². The summed E-state index contributed by atoms with van der Waals surface area (Å²) in [5, 5.41) is 1.53. The van der Waals surface area contributed by atoms with Crippen molar-refractivity contribution in [1.29, 1.82) is 0 Å². The molecule has 0 aliphatic carbocycles. The topological polar surface area (TPSA) is 63.2 Å². The van der Waals surface area contributed by atoms with Gasteiger partial charge in [-0.3, -0.25) is 4.79 Å². The first-order chi connectivity index (χ1) is 11.6. The van der Waals surface area contributed by atoms with Gasteiger partial charge in [0.2, 0.25) is 5.91 Å². The fourth-order valence-electron chi connectivity index (χ4n) is 2.39. The lowest BCUT2D eigenvalue weighted by Crippen LogP contribution is -2.33. The molecule has 1 unspecified atom stereocenters. The van der Waals surface area contributed by atoms with Crippen molar-refractivity contribution in [3.05, 3.63) is 65.7 Å². The zero-order chi connectivity index (χ0) is 18.7. The lowest BCUT2D eigenvalue weighted by molar-refractivity contribution is -0.115. The van der Waals surface area contributed by atoms with Crippen LogP contribution in [0.15, 0.2) is 54.6 Å². The van der Waals surface area contributed by atoms with Gasteiger partial charge in [0.1, 0.15) is 5.25 Å². The predicted octanol–water partition coefficient (Wildman–Crippen LogP) is 3.93. The second-order valence-corrected chi connectivity index (χ2v) is 9.57. The molecule has 2 aromatic rings. The molecule has 2 aromatic carbocycles. The fourth-order valence-corrected chi connectivity index (χ4v) is 3.68. The minimum atomic E-state index is -3.59. The van der Waals surface area contributed by atoms with Gasteiger partial charge in [-0.1, -0.05) is 63.2 Å². The van der Waals surface area contributed by atoms with E-state index >= 15 is 0 Å². The number of hydrogen-bond acceptors (Lipinski definition) is 3. The van der Waals surface area contributed by atoms with Crippen molar-refractivity contribution >= 4 is 21.4 Å². The van der Waals surface area contributed by atoms with Gasteiger partial charge in [0, 0.05) is 5.69 Å². The molecule has 1 N–H and O–H groups in total. The number of hydrogen-bond donors (Lipinski definition) is 1. The van der Waals surface area contributed by atoms with Crippen LogP contribution < -0.4 is 5.32 Å². The number of benzene rings is 2. The Labute approximate surface area is 150 Å². The molecule has 1 amide bonds. The second-order valence-electron chi connectivity index (χ2n) is 7.25. The highest BCUT2D eigenvalue weighted by molar-refractivity contribution is 7.92. The number of para-hydroxylation sites is 1. The van der Waals surface area contributed by atoms with Crippen molar-refractivity contribution in [3.8, 4) is 0 Å². The first-order valence-electron chi connectivity index (χ1n) is 8.26. The lowest BCUT2D eigenvalue weighted by atomic mass is 9.87. The highest BCUT2D eigenvalue weighted by atomic mass is 32.2. The summed E-state index contributed by atoms with van der Waals surface area (Å²) >= 11 is 0. The minimum Gasteiger partial charge on any atom is -0.325 e. The zero-order valence-electron chi connectivity index (χ0n) is 15.1. The summed E-state index contributed by atoms with van der Waals surface area (Å²) in [7, 11) is -3.59. The lowest BCUT2D eigenvalue weighted by Gasteiger charge is -2.19. The van der Waals surface area contributed by atoms with Gasteiger partial charge in [-0.15, -0.1) is 0 Å². The Hall–Kier alpha value is -2.14. The summed E-state index contributed by atoms with van der Waals surface area (Å²) in [5.41, 5.74) is 2.43. The van der Waals surface area contributed by atoms with Gasteiger partial charge in [0.25, 0.3) is 0 Å². The van der Waals surface area contributed by atoms with Crippen LogP contribution in [0.2, 0.25) is 0 Å². The van der Waals surface area contributed by atoms with E-state index in [0.717, 1.165) is 5.56 Å². The van der Waals surface area contributed by atoms with E-state index in [2.05, 4.69) is 26.1 Å². The third-order valence-corrected chi connectivity index (χ3v) is 6.16. The second kappa shape index (κ2) is 7.40. The molecule has 0 aliphatic rings. The Morgan fingerprint density at radius 1 is 1.00 bits per heavy atom. The van der Waals surface area contributed by atoms with Gasteiger partial charge in [-0.05, 0) is 35.6 Å². The van der Waals surface area contributed by atoms with Gasteiger partial charge in [0.15, 0.2) is 9.84 Å². The van der Waals surface area contributed by atoms with E-state index in [1.165, 1.54) is 6.92 Å². The molecule has 5 heteroatoms. The third kappa shape index (κ3) is 5.16. The van der Waals surface area contributed by atoms with E-state index in [0.29, 0.717) is 11.3 Å². The molecule has 0 fully saturated rings. The molecule has 25 heavy (non-hydrogen) atoms. The summed E-state index contributed by atoms with van der Waals surface area (Å²) in [5.74, 6) is -0.668. The molecule has 134 valence electrons. The standard InChI is InChI=1S/C20H25NO3S/c1-15(19(22)21-18-8-6-5-7-9-18)25(23,24)14-16-10-12-17(13-11-16)20(2,3)4/h5-13,15H,14H2,1-4H3,(H,21,22). The van der Waals surface area contributed by atoms with Crippen LogP contribution in [0.1, 0.15) is 38.8 Å². The highest BCUT2D eigenvalue weighted by Gasteiger charge is 2.28. The Morgan fingerprint density at radius 2 is 1.56 bits per heavy atom. The molecule has 0 bridgehead atoms. The number of anilines is 1. The van der Waals surface area contributed by atoms with E-state index in [1.807, 2.05) is 30.3 Å². The van der Waals surface area contributed by atoms with Gasteiger partial charge in [0.05, 0.1) is 5.75 Å². The molecule has 0 heterocycles. The monoisotopic (exact) mass is 359 g/mol. The number of nitrogens with one attached hydrogen (secondary N) is 1. The summed E-state index contributed by atoms with van der Waals surface area (Å²) < 4.78 is 25.1. The van der Waals surface area contributed by atoms with Crippen molar-refractivity contribution in [2.75, 3.05) is 5.32 Å². The molecule has 1 atom stereocenters. The van der Waals surface area contributed by atoms with Crippen molar-refractivity contribution < 1.29 is 13.2 Å². The number of rotatable bonds is 5. The van der Waals surface area contributed by atoms with Crippen LogP contribution in [-0.4, -0.2) is 19.6 Å². The smallest absolute Gasteiger partial charge is 0.242 e. The van der Waals surface area contributed by atoms with Crippen molar-refractivity contribution in [2.24, 2.45) is 0 Å². The average molecular weight is 359 g/mol. The van der Waals surface area contributed by atoms with Gasteiger partial charge < -0.3 is 5.32 Å². The quantitative estimate of drug-likeness (QED) is 0.880. The molecule has 0 aromatic heterocycles. The first kappa shape index (κ1) is 19.2. The molecule has 0 aliphatic heterocycles. The average Bonchev–Trinajstić information content (AvgIpc) is 2.54. The Kier molecular flexibility index (Phi) is 5.68. The van der Waals surface area contributed by atoms with Crippen LogP contribution in [-0.2, 0) is 25.8 Å². The van der Waals surface area contributed by atoms with Crippen LogP contribution in [0.25, 0.3) is 0 Å². The Balaban J connectivity index is 2.08. The molecule has 0 radical (unpaired) electrons. The minimum absolute atomic E-state index is 0.0142. The van der Waals surface area contributed by atoms with Crippen molar-refractivity contribution in [2.45, 2.75) is 44.1 Å². The van der Waals surface area contributed by atoms with E-state index < -0.39 is 21.0 Å². The van der Waals surface area contributed by atoms with Crippen LogP contribution in [0.5, 0.6) is 0 Å². The van der Waals surface area contributed by atoms with Crippen LogP contribution in [0, 0.1) is 0 Å². The normalized spacial score (nSPS) is 13.3. The fraction of sp³-hybridized carbons (Fsp3) is 0.350. The van der Waals surface area contributed by atoms with E-state index in [4.69, 9.17) is 0 Å². The van der Waals surface area contributed by atoms with Gasteiger partial charge in [-0.25, -0.2) is 8.42 Å². The van der Waals surface area contributed by atoms with Crippen LogP contribution in [0.3, 0.4) is 0 Å². The third-order valence-electron chi connectivity index (χ3n) is 4.14. The van der Waals surface area contributed by atoms with Crippen molar-refractivity contribution in [1.82, 2.24) is 0 Å². The number of sulfone groups is 1. The molecular weight excluding hydrogens is 334 g/mol. The van der Waals surface area contributed by atoms with E-state index in [1.54, 1.807) is 24.3 Å². The molecule has 0 saturated heterocycles. The van der Waals surface area contributed by atoms with E-state index in [-0.39, 0.29) is 11.2 Å². The Bertz CT molecular complexity index is 819.